The summed E-state index contributed by atoms with van der Waals surface area (Å²) in [5.41, 5.74) is 1.48. The van der Waals surface area contributed by atoms with Crippen molar-refractivity contribution in [3.63, 3.8) is 0 Å². The van der Waals surface area contributed by atoms with E-state index in [1.165, 1.54) is 0 Å². The van der Waals surface area contributed by atoms with Crippen molar-refractivity contribution >= 4 is 20.5 Å². The Morgan fingerprint density at radius 3 is 2.02 bits per heavy atom. The molecule has 12 nitrogen and oxygen atoms in total. The molecule has 13 heteroatoms. The molecule has 3 aromatic carbocycles. The van der Waals surface area contributed by atoms with E-state index in [2.05, 4.69) is 43.8 Å². The molecule has 3 unspecified atom stereocenters. The molecular formula is C40H51N4O8P. The van der Waals surface area contributed by atoms with Gasteiger partial charge in [0.2, 0.25) is 5.91 Å². The molecule has 2 saturated heterocycles. The summed E-state index contributed by atoms with van der Waals surface area (Å²) in [5.74, 6) is 0.684. The first-order chi connectivity index (χ1) is 25.5. The Bertz CT molecular complexity index is 1630. The number of hydrogen-bond donors (Lipinski definition) is 1. The first-order valence-corrected chi connectivity index (χ1v) is 19.2. The van der Waals surface area contributed by atoms with E-state index in [1.54, 1.807) is 26.0 Å². The van der Waals surface area contributed by atoms with E-state index in [4.69, 9.17) is 28.0 Å². The molecule has 5 rings (SSSR count). The maximum absolute atomic E-state index is 13.2. The SMILES string of the molecule is COc1ccc(C(OC[C@H]2O[C@@H]([15N]3CC(C)C(=O)[15NH]C3=O)CC2OP(OCCC#N)N(C(C)C)C(C)C)(c2ccccc2)c2ccc(OC)cc2)cc1. The van der Waals surface area contributed by atoms with Gasteiger partial charge in [-0.05, 0) is 68.7 Å². The normalized spacial score (nSPS) is 21.2. The van der Waals surface area contributed by atoms with Crippen LogP contribution in [0.15, 0.2) is 78.9 Å². The fourth-order valence-electron chi connectivity index (χ4n) is 6.85. The third-order valence-electron chi connectivity index (χ3n) is 9.46. The fourth-order valence-corrected chi connectivity index (χ4v) is 8.61. The number of urea groups is 1. The quantitative estimate of drug-likeness (QED) is 0.0668. The molecule has 3 amide bonds. The zero-order valence-electron chi connectivity index (χ0n) is 31.6. The highest BCUT2D eigenvalue weighted by Gasteiger charge is 2.47. The van der Waals surface area contributed by atoms with Gasteiger partial charge < -0.3 is 28.0 Å². The minimum absolute atomic E-state index is 0.0583. The molecule has 1 N–H and O–H groups in total. The van der Waals surface area contributed by atoms with Crippen molar-refractivity contribution < 1.29 is 37.6 Å². The second kappa shape index (κ2) is 18.3. The molecule has 0 aromatic heterocycles. The Balaban J connectivity index is 1.57. The predicted octanol–water partition coefficient (Wildman–Crippen LogP) is 6.98. The van der Waals surface area contributed by atoms with Crippen molar-refractivity contribution in [2.24, 2.45) is 5.92 Å². The molecule has 0 spiro atoms. The van der Waals surface area contributed by atoms with E-state index in [-0.39, 0.29) is 44.2 Å². The van der Waals surface area contributed by atoms with Crippen molar-refractivity contribution in [1.82, 2.24) is 14.9 Å². The molecule has 0 aliphatic carbocycles. The minimum atomic E-state index is -1.65. The lowest BCUT2D eigenvalue weighted by Gasteiger charge is -2.39. The summed E-state index contributed by atoms with van der Waals surface area (Å²) in [6, 6.07) is 27.4. The van der Waals surface area contributed by atoms with Crippen LogP contribution < -0.4 is 14.8 Å². The van der Waals surface area contributed by atoms with E-state index >= 15 is 0 Å². The van der Waals surface area contributed by atoms with Crippen molar-refractivity contribution in [2.75, 3.05) is 34.0 Å². The Labute approximate surface area is 314 Å². The third-order valence-corrected chi connectivity index (χ3v) is 11.6. The van der Waals surface area contributed by atoms with Crippen LogP contribution in [0.5, 0.6) is 11.5 Å². The van der Waals surface area contributed by atoms with Crippen LogP contribution in [0, 0.1) is 17.2 Å². The van der Waals surface area contributed by atoms with E-state index in [0.29, 0.717) is 17.9 Å². The molecule has 2 aliphatic heterocycles. The van der Waals surface area contributed by atoms with Crippen LogP contribution in [0.4, 0.5) is 4.79 Å². The van der Waals surface area contributed by atoms with Crippen LogP contribution in [0.2, 0.25) is 0 Å². The monoisotopic (exact) mass is 748 g/mol. The second-order valence-electron chi connectivity index (χ2n) is 13.7. The van der Waals surface area contributed by atoms with Gasteiger partial charge in [0.1, 0.15) is 29.4 Å². The molecule has 0 saturated carbocycles. The molecule has 5 atom stereocenters. The summed E-state index contributed by atoms with van der Waals surface area (Å²) in [4.78, 5) is 27.1. The molecule has 2 fully saturated rings. The Kier molecular flexibility index (Phi) is 13.9. The van der Waals surface area contributed by atoms with Gasteiger partial charge in [0.15, 0.2) is 0 Å². The Hall–Kier alpha value is -4.08. The van der Waals surface area contributed by atoms with Gasteiger partial charge >= 0.3 is 6.03 Å². The van der Waals surface area contributed by atoms with Crippen LogP contribution in [-0.4, -0.2) is 86.0 Å². The van der Waals surface area contributed by atoms with Gasteiger partial charge in [-0.2, -0.15) is 5.26 Å². The summed E-state index contributed by atoms with van der Waals surface area (Å²) in [6.07, 6.45) is -1.40. The van der Waals surface area contributed by atoms with Gasteiger partial charge in [-0.3, -0.25) is 15.0 Å². The number of imide groups is 1. The van der Waals surface area contributed by atoms with Gasteiger partial charge in [0.05, 0.1) is 51.9 Å². The summed E-state index contributed by atoms with van der Waals surface area (Å²) in [6.45, 7) is 10.6. The van der Waals surface area contributed by atoms with Crippen LogP contribution in [0.3, 0.4) is 0 Å². The maximum atomic E-state index is 13.2. The standard InChI is InChI=1S/C40H51N4O8P/c1-27(2)44(28(3)4)53(50-23-11-22-41)52-35-24-37(43-25-29(5)38(45)42-39(43)46)51-36(35)26-49-40(30-12-9-8-10-13-30,31-14-18-33(47-6)19-15-31)32-16-20-34(48-7)21-17-32/h8-10,12-21,27-29,35-37H,11,23-26H2,1-7H3,(H,42,45,46)/t29?,35?,36-,37-,53?/m1/s1/i42+1,43+1. The molecule has 0 radical (unpaired) electrons. The summed E-state index contributed by atoms with van der Waals surface area (Å²) < 4.78 is 40.3. The molecule has 2 heterocycles. The highest BCUT2D eigenvalue weighted by molar-refractivity contribution is 7.44. The first kappa shape index (κ1) is 40.1. The van der Waals surface area contributed by atoms with Crippen LogP contribution in [0.25, 0.3) is 0 Å². The number of carbonyl (C=O) groups excluding carboxylic acids is 2. The number of amides is 3. The molecule has 53 heavy (non-hydrogen) atoms. The highest BCUT2D eigenvalue weighted by atomic mass is 31.2. The van der Waals surface area contributed by atoms with E-state index in [0.717, 1.165) is 16.7 Å². The molecule has 2 aliphatic rings. The van der Waals surface area contributed by atoms with Gasteiger partial charge in [0, 0.05) is 25.0 Å². The summed E-state index contributed by atoms with van der Waals surface area (Å²) >= 11 is 0. The van der Waals surface area contributed by atoms with Gasteiger partial charge in [-0.1, -0.05) is 61.5 Å². The second-order valence-corrected chi connectivity index (χ2v) is 15.1. The number of methoxy groups -OCH3 is 2. The number of nitrogens with one attached hydrogen (secondary N) is 1. The van der Waals surface area contributed by atoms with Crippen LogP contribution in [0.1, 0.15) is 64.2 Å². The van der Waals surface area contributed by atoms with E-state index in [1.807, 2.05) is 78.9 Å². The van der Waals surface area contributed by atoms with Crippen molar-refractivity contribution in [2.45, 2.75) is 83.6 Å². The van der Waals surface area contributed by atoms with Gasteiger partial charge in [-0.15, -0.1) is 0 Å². The van der Waals surface area contributed by atoms with Gasteiger partial charge in [0.25, 0.3) is 8.53 Å². The molecular weight excluding hydrogens is 697 g/mol. The van der Waals surface area contributed by atoms with Crippen LogP contribution in [-0.2, 0) is 28.9 Å². The fraction of sp³-hybridized carbons (Fsp3) is 0.475. The lowest BCUT2D eigenvalue weighted by atomic mass is 9.80. The molecule has 0 bridgehead atoms. The van der Waals surface area contributed by atoms with Crippen molar-refractivity contribution in [3.8, 4) is 17.6 Å². The number of carbonyl (C=O) groups is 2. The van der Waals surface area contributed by atoms with Crippen LogP contribution >= 0.6 is 8.53 Å². The number of ether oxygens (including phenoxy) is 4. The highest BCUT2D eigenvalue weighted by Crippen LogP contribution is 2.50. The molecule has 3 aromatic rings. The largest absolute Gasteiger partial charge is 0.497 e. The third kappa shape index (κ3) is 9.18. The summed E-state index contributed by atoms with van der Waals surface area (Å²) in [5, 5.41) is 11.8. The minimum Gasteiger partial charge on any atom is -0.497 e. The van der Waals surface area contributed by atoms with Crippen molar-refractivity contribution in [1.29, 1.82) is 5.26 Å². The average molecular weight is 749 g/mol. The lowest BCUT2D eigenvalue weighted by Crippen LogP contribution is -2.57. The van der Waals surface area contributed by atoms with Gasteiger partial charge in [-0.25, -0.2) is 9.46 Å². The predicted molar refractivity (Wildman–Crippen MR) is 201 cm³/mol. The number of nitrogens with zero attached hydrogens (tertiary/aromatic N) is 3. The first-order valence-electron chi connectivity index (χ1n) is 18.0. The zero-order chi connectivity index (χ0) is 38.1. The average Bonchev–Trinajstić information content (AvgIpc) is 3.56. The number of nitriles is 1. The zero-order valence-corrected chi connectivity index (χ0v) is 32.5. The van der Waals surface area contributed by atoms with Crippen molar-refractivity contribution in [3.05, 3.63) is 95.6 Å². The summed E-state index contributed by atoms with van der Waals surface area (Å²) in [7, 11) is 1.61. The number of hydrogen-bond acceptors (Lipinski definition) is 10. The Morgan fingerprint density at radius 2 is 1.49 bits per heavy atom. The molecule has 284 valence electrons. The number of benzene rings is 3. The smallest absolute Gasteiger partial charge is 0.326 e. The van der Waals surface area contributed by atoms with E-state index < -0.39 is 44.5 Å². The Morgan fingerprint density at radius 1 is 0.925 bits per heavy atom. The lowest BCUT2D eigenvalue weighted by molar-refractivity contribution is -0.130. The number of rotatable bonds is 17. The van der Waals surface area contributed by atoms with E-state index in [9.17, 15) is 14.9 Å². The maximum Gasteiger partial charge on any atom is 0.326 e. The topological polar surface area (TPSA) is 132 Å².